The molecule has 2 aliphatic rings. The summed E-state index contributed by atoms with van der Waals surface area (Å²) in [6, 6.07) is -0.454. The van der Waals surface area contributed by atoms with E-state index in [1.54, 1.807) is 0 Å². The van der Waals surface area contributed by atoms with E-state index in [0.29, 0.717) is 26.1 Å². The summed E-state index contributed by atoms with van der Waals surface area (Å²) in [5, 5.41) is 12.1. The smallest absolute Gasteiger partial charge is 0.325 e. The third-order valence-electron chi connectivity index (χ3n) is 3.26. The van der Waals surface area contributed by atoms with Crippen LogP contribution in [0.3, 0.4) is 0 Å². The molecule has 7 nitrogen and oxygen atoms in total. The first-order valence-electron chi connectivity index (χ1n) is 5.69. The molecule has 1 atom stereocenters. The zero-order valence-electron chi connectivity index (χ0n) is 9.52. The normalized spacial score (nSPS) is 25.2. The SMILES string of the molecule is NC[C@@H](O)CN1C(=O)NC2(CCOCC2)C1=O. The van der Waals surface area contributed by atoms with Crippen molar-refractivity contribution in [2.75, 3.05) is 26.3 Å². The summed E-state index contributed by atoms with van der Waals surface area (Å²) in [4.78, 5) is 24.9. The Bertz CT molecular complexity index is 328. The summed E-state index contributed by atoms with van der Waals surface area (Å²) in [5.41, 5.74) is 4.44. The Labute approximate surface area is 98.9 Å². The third kappa shape index (κ3) is 2.13. The number of nitrogens with one attached hydrogen (secondary N) is 1. The van der Waals surface area contributed by atoms with Gasteiger partial charge in [-0.15, -0.1) is 0 Å². The summed E-state index contributed by atoms with van der Waals surface area (Å²) < 4.78 is 5.19. The molecule has 0 unspecified atom stereocenters. The average molecular weight is 243 g/mol. The summed E-state index contributed by atoms with van der Waals surface area (Å²) in [7, 11) is 0. The molecule has 7 heteroatoms. The van der Waals surface area contributed by atoms with Gasteiger partial charge in [0.05, 0.1) is 12.6 Å². The molecule has 0 radical (unpaired) electrons. The van der Waals surface area contributed by atoms with Crippen LogP contribution in [0, 0.1) is 0 Å². The van der Waals surface area contributed by atoms with Crippen LogP contribution < -0.4 is 11.1 Å². The number of aliphatic hydroxyl groups is 1. The van der Waals surface area contributed by atoms with Gasteiger partial charge in [-0.3, -0.25) is 9.69 Å². The zero-order valence-corrected chi connectivity index (χ0v) is 9.52. The molecule has 17 heavy (non-hydrogen) atoms. The number of urea groups is 1. The standard InChI is InChI=1S/C10H17N3O4/c11-5-7(14)6-13-8(15)10(12-9(13)16)1-3-17-4-2-10/h7,14H,1-6,11H2,(H,12,16)/t7-/m1/s1. The predicted molar refractivity (Wildman–Crippen MR) is 58.1 cm³/mol. The highest BCUT2D eigenvalue weighted by Crippen LogP contribution is 2.28. The van der Waals surface area contributed by atoms with Gasteiger partial charge < -0.3 is 20.9 Å². The Morgan fingerprint density at radius 2 is 2.12 bits per heavy atom. The van der Waals surface area contributed by atoms with E-state index in [9.17, 15) is 14.7 Å². The van der Waals surface area contributed by atoms with Crippen molar-refractivity contribution in [2.24, 2.45) is 5.73 Å². The number of aliphatic hydroxyl groups excluding tert-OH is 1. The predicted octanol–water partition coefficient (Wildman–Crippen LogP) is -1.59. The van der Waals surface area contributed by atoms with Gasteiger partial charge in [0.2, 0.25) is 0 Å². The number of hydrogen-bond donors (Lipinski definition) is 3. The fourth-order valence-corrected chi connectivity index (χ4v) is 2.19. The van der Waals surface area contributed by atoms with Gasteiger partial charge in [-0.25, -0.2) is 4.79 Å². The number of imide groups is 1. The number of ether oxygens (including phenoxy) is 1. The highest BCUT2D eigenvalue weighted by Gasteiger charge is 2.51. The number of hydrogen-bond acceptors (Lipinski definition) is 5. The Hall–Kier alpha value is -1.18. The second kappa shape index (κ2) is 4.59. The molecule has 4 N–H and O–H groups in total. The van der Waals surface area contributed by atoms with E-state index < -0.39 is 17.7 Å². The first kappa shape index (κ1) is 12.3. The van der Waals surface area contributed by atoms with E-state index in [2.05, 4.69) is 5.32 Å². The van der Waals surface area contributed by atoms with E-state index in [4.69, 9.17) is 10.5 Å². The molecule has 2 rings (SSSR count). The molecule has 0 aromatic carbocycles. The Balaban J connectivity index is 2.10. The van der Waals surface area contributed by atoms with Crippen LogP contribution in [-0.2, 0) is 9.53 Å². The number of amides is 3. The highest BCUT2D eigenvalue weighted by molar-refractivity contribution is 6.07. The molecule has 3 amide bonds. The van der Waals surface area contributed by atoms with Crippen LogP contribution in [0.15, 0.2) is 0 Å². The third-order valence-corrected chi connectivity index (χ3v) is 3.26. The summed E-state index contributed by atoms with van der Waals surface area (Å²) in [6.45, 7) is 0.884. The fraction of sp³-hybridized carbons (Fsp3) is 0.800. The Kier molecular flexibility index (Phi) is 3.32. The molecular weight excluding hydrogens is 226 g/mol. The lowest BCUT2D eigenvalue weighted by Gasteiger charge is -2.30. The molecule has 0 aromatic heterocycles. The topological polar surface area (TPSA) is 105 Å². The molecule has 1 spiro atoms. The minimum Gasteiger partial charge on any atom is -0.390 e. The van der Waals surface area contributed by atoms with Crippen LogP contribution in [0.2, 0.25) is 0 Å². The number of β-amino-alcohol motifs (C(OH)–C–C–N with tert-alkyl or cyclic N) is 1. The van der Waals surface area contributed by atoms with Gasteiger partial charge in [0.15, 0.2) is 0 Å². The zero-order chi connectivity index (χ0) is 12.5. The fourth-order valence-electron chi connectivity index (χ4n) is 2.19. The van der Waals surface area contributed by atoms with Crippen LogP contribution in [0.1, 0.15) is 12.8 Å². The molecule has 0 aromatic rings. The van der Waals surface area contributed by atoms with Gasteiger partial charge >= 0.3 is 6.03 Å². The lowest BCUT2D eigenvalue weighted by molar-refractivity contribution is -0.135. The minimum absolute atomic E-state index is 0.0210. The maximum Gasteiger partial charge on any atom is 0.325 e. The van der Waals surface area contributed by atoms with Gasteiger partial charge in [0.1, 0.15) is 5.54 Å². The number of carbonyl (C=O) groups is 2. The highest BCUT2D eigenvalue weighted by atomic mass is 16.5. The lowest BCUT2D eigenvalue weighted by atomic mass is 9.90. The second-order valence-electron chi connectivity index (χ2n) is 4.43. The van der Waals surface area contributed by atoms with E-state index in [1.807, 2.05) is 0 Å². The summed E-state index contributed by atoms with van der Waals surface area (Å²) in [5.74, 6) is -0.279. The summed E-state index contributed by atoms with van der Waals surface area (Å²) >= 11 is 0. The summed E-state index contributed by atoms with van der Waals surface area (Å²) in [6.07, 6.45) is 0.0826. The van der Waals surface area contributed by atoms with Crippen molar-refractivity contribution < 1.29 is 19.4 Å². The molecule has 2 fully saturated rings. The lowest BCUT2D eigenvalue weighted by Crippen LogP contribution is -2.51. The monoisotopic (exact) mass is 243 g/mol. The van der Waals surface area contributed by atoms with Gasteiger partial charge in [-0.1, -0.05) is 0 Å². The van der Waals surface area contributed by atoms with Crippen LogP contribution in [0.4, 0.5) is 4.79 Å². The van der Waals surface area contributed by atoms with Crippen molar-refractivity contribution in [3.05, 3.63) is 0 Å². The molecule has 0 saturated carbocycles. The molecular formula is C10H17N3O4. The Morgan fingerprint density at radius 1 is 1.47 bits per heavy atom. The van der Waals surface area contributed by atoms with E-state index in [1.165, 1.54) is 0 Å². The van der Waals surface area contributed by atoms with Gasteiger partial charge in [0, 0.05) is 32.6 Å². The van der Waals surface area contributed by atoms with Gasteiger partial charge in [-0.2, -0.15) is 0 Å². The molecule has 96 valence electrons. The number of nitrogens with zero attached hydrogens (tertiary/aromatic N) is 1. The van der Waals surface area contributed by atoms with Crippen LogP contribution in [0.25, 0.3) is 0 Å². The second-order valence-corrected chi connectivity index (χ2v) is 4.43. The first-order valence-corrected chi connectivity index (χ1v) is 5.69. The number of carbonyl (C=O) groups excluding carboxylic acids is 2. The molecule has 0 bridgehead atoms. The van der Waals surface area contributed by atoms with Crippen molar-refractivity contribution in [2.45, 2.75) is 24.5 Å². The quantitative estimate of drug-likeness (QED) is 0.518. The van der Waals surface area contributed by atoms with E-state index >= 15 is 0 Å². The molecule has 0 aliphatic carbocycles. The van der Waals surface area contributed by atoms with Crippen LogP contribution >= 0.6 is 0 Å². The van der Waals surface area contributed by atoms with Crippen molar-refractivity contribution in [3.63, 3.8) is 0 Å². The minimum atomic E-state index is -0.875. The largest absolute Gasteiger partial charge is 0.390 e. The van der Waals surface area contributed by atoms with Crippen LogP contribution in [-0.4, -0.2) is 59.9 Å². The van der Waals surface area contributed by atoms with Gasteiger partial charge in [-0.05, 0) is 0 Å². The number of nitrogens with two attached hydrogens (primary N) is 1. The van der Waals surface area contributed by atoms with Gasteiger partial charge in [0.25, 0.3) is 5.91 Å². The van der Waals surface area contributed by atoms with E-state index in [0.717, 1.165) is 4.90 Å². The molecule has 2 aliphatic heterocycles. The maximum atomic E-state index is 12.2. The van der Waals surface area contributed by atoms with Crippen molar-refractivity contribution in [1.82, 2.24) is 10.2 Å². The van der Waals surface area contributed by atoms with Crippen LogP contribution in [0.5, 0.6) is 0 Å². The average Bonchev–Trinajstić information content (AvgIpc) is 2.55. The molecule has 2 heterocycles. The Morgan fingerprint density at radius 3 is 2.71 bits per heavy atom. The van der Waals surface area contributed by atoms with E-state index in [-0.39, 0.29) is 19.0 Å². The first-order chi connectivity index (χ1) is 8.09. The molecule has 2 saturated heterocycles. The van der Waals surface area contributed by atoms with Crippen molar-refractivity contribution in [3.8, 4) is 0 Å². The van der Waals surface area contributed by atoms with Crippen molar-refractivity contribution in [1.29, 1.82) is 0 Å². The maximum absolute atomic E-state index is 12.2. The number of rotatable bonds is 3. The van der Waals surface area contributed by atoms with Crippen molar-refractivity contribution >= 4 is 11.9 Å².